The van der Waals surface area contributed by atoms with Crippen LogP contribution in [0.2, 0.25) is 0 Å². The predicted octanol–water partition coefficient (Wildman–Crippen LogP) is 2.37. The highest BCUT2D eigenvalue weighted by Crippen LogP contribution is 2.37. The summed E-state index contributed by atoms with van der Waals surface area (Å²) in [6.07, 6.45) is 0.340. The van der Waals surface area contributed by atoms with Gasteiger partial charge in [-0.05, 0) is 36.0 Å². The zero-order chi connectivity index (χ0) is 22.9. The van der Waals surface area contributed by atoms with Gasteiger partial charge in [-0.25, -0.2) is 17.9 Å². The molecule has 1 aliphatic heterocycles. The fraction of sp³-hybridized carbons (Fsp3) is 0.300. The van der Waals surface area contributed by atoms with Crippen LogP contribution >= 0.6 is 22.9 Å². The summed E-state index contributed by atoms with van der Waals surface area (Å²) in [5, 5.41) is 5.38. The zero-order valence-corrected chi connectivity index (χ0v) is 19.8. The highest BCUT2D eigenvalue weighted by molar-refractivity contribution is 7.91. The maximum Gasteiger partial charge on any atom is 0.340 e. The van der Waals surface area contributed by atoms with Crippen molar-refractivity contribution in [1.82, 2.24) is 19.2 Å². The standard InChI is InChI=1S/C20H20N4O5S3/c1-12-3-5-13(6-4-12)9-21-32(27,28)20-17(19(26)29-2)14-7-8-24(10-16(14)31-20)18(25)15-11-30-23-22-15/h3-6,11,21H,7-10H2,1-2H3. The van der Waals surface area contributed by atoms with Crippen LogP contribution in [0.25, 0.3) is 0 Å². The summed E-state index contributed by atoms with van der Waals surface area (Å²) in [5.74, 6) is -0.985. The van der Waals surface area contributed by atoms with Gasteiger partial charge in [0, 0.05) is 23.3 Å². The van der Waals surface area contributed by atoms with Crippen molar-refractivity contribution in [2.75, 3.05) is 13.7 Å². The van der Waals surface area contributed by atoms with Crippen molar-refractivity contribution in [3.05, 3.63) is 62.5 Å². The zero-order valence-electron chi connectivity index (χ0n) is 17.3. The number of ether oxygens (including phenoxy) is 1. The molecule has 1 N–H and O–H groups in total. The number of hydrogen-bond donors (Lipinski definition) is 1. The number of nitrogens with one attached hydrogen (secondary N) is 1. The van der Waals surface area contributed by atoms with Crippen molar-refractivity contribution in [3.63, 3.8) is 0 Å². The topological polar surface area (TPSA) is 119 Å². The van der Waals surface area contributed by atoms with Gasteiger partial charge in [0.1, 0.15) is 4.21 Å². The lowest BCUT2D eigenvalue weighted by Crippen LogP contribution is -2.36. The molecule has 0 bridgehead atoms. The van der Waals surface area contributed by atoms with Gasteiger partial charge in [0.25, 0.3) is 15.9 Å². The molecule has 3 heterocycles. The first-order valence-corrected chi connectivity index (χ1v) is 12.8. The van der Waals surface area contributed by atoms with Crippen LogP contribution in [-0.4, -0.2) is 48.4 Å². The lowest BCUT2D eigenvalue weighted by atomic mass is 10.0. The summed E-state index contributed by atoms with van der Waals surface area (Å²) in [6.45, 7) is 2.56. The Labute approximate surface area is 193 Å². The Balaban J connectivity index is 1.63. The Morgan fingerprint density at radius 2 is 2.00 bits per heavy atom. The number of carbonyl (C=O) groups is 2. The van der Waals surface area contributed by atoms with Crippen molar-refractivity contribution >= 4 is 44.8 Å². The van der Waals surface area contributed by atoms with E-state index in [1.54, 1.807) is 10.3 Å². The van der Waals surface area contributed by atoms with Gasteiger partial charge in [0.15, 0.2) is 5.69 Å². The summed E-state index contributed by atoms with van der Waals surface area (Å²) in [5.41, 5.74) is 2.77. The minimum Gasteiger partial charge on any atom is -0.465 e. The molecule has 12 heteroatoms. The average molecular weight is 493 g/mol. The number of aromatic nitrogens is 2. The first kappa shape index (κ1) is 22.5. The minimum atomic E-state index is -3.99. The van der Waals surface area contributed by atoms with Crippen LogP contribution in [0.5, 0.6) is 0 Å². The molecule has 3 aromatic rings. The lowest BCUT2D eigenvalue weighted by Gasteiger charge is -2.26. The molecule has 0 radical (unpaired) electrons. The van der Waals surface area contributed by atoms with Gasteiger partial charge < -0.3 is 9.64 Å². The smallest absolute Gasteiger partial charge is 0.340 e. The van der Waals surface area contributed by atoms with Crippen LogP contribution < -0.4 is 4.72 Å². The van der Waals surface area contributed by atoms with Gasteiger partial charge in [0.05, 0.1) is 19.2 Å². The fourth-order valence-corrected chi connectivity index (χ4v) is 6.81. The number of fused-ring (bicyclic) bond motifs is 1. The van der Waals surface area contributed by atoms with Crippen molar-refractivity contribution < 1.29 is 22.7 Å². The van der Waals surface area contributed by atoms with E-state index in [1.165, 1.54) is 7.11 Å². The van der Waals surface area contributed by atoms with Crippen LogP contribution in [0.15, 0.2) is 33.9 Å². The van der Waals surface area contributed by atoms with E-state index in [4.69, 9.17) is 4.74 Å². The number of thiophene rings is 1. The molecule has 0 aliphatic carbocycles. The number of amides is 1. The summed E-state index contributed by atoms with van der Waals surface area (Å²) >= 11 is 2.07. The van der Waals surface area contributed by atoms with E-state index in [0.29, 0.717) is 23.4 Å². The normalized spacial score (nSPS) is 13.6. The van der Waals surface area contributed by atoms with Gasteiger partial charge in [-0.1, -0.05) is 34.3 Å². The molecule has 168 valence electrons. The number of esters is 1. The molecule has 0 spiro atoms. The summed E-state index contributed by atoms with van der Waals surface area (Å²) in [7, 11) is -2.77. The molecule has 1 aromatic carbocycles. The Bertz CT molecular complexity index is 1250. The average Bonchev–Trinajstić information content (AvgIpc) is 3.46. The van der Waals surface area contributed by atoms with E-state index in [0.717, 1.165) is 34.0 Å². The predicted molar refractivity (Wildman–Crippen MR) is 119 cm³/mol. The van der Waals surface area contributed by atoms with Gasteiger partial charge in [-0.3, -0.25) is 4.79 Å². The van der Waals surface area contributed by atoms with Crippen LogP contribution in [0.1, 0.15) is 42.4 Å². The van der Waals surface area contributed by atoms with E-state index >= 15 is 0 Å². The first-order chi connectivity index (χ1) is 15.3. The maximum absolute atomic E-state index is 13.1. The molecule has 1 aliphatic rings. The third-order valence-electron chi connectivity index (χ3n) is 5.11. The Hall–Kier alpha value is -2.67. The number of rotatable bonds is 6. The Morgan fingerprint density at radius 3 is 2.66 bits per heavy atom. The molecule has 2 aromatic heterocycles. The van der Waals surface area contributed by atoms with Gasteiger partial charge >= 0.3 is 5.97 Å². The number of methoxy groups -OCH3 is 1. The number of benzene rings is 1. The number of sulfonamides is 1. The second kappa shape index (κ2) is 9.06. The quantitative estimate of drug-likeness (QED) is 0.525. The molecular weight excluding hydrogens is 472 g/mol. The highest BCUT2D eigenvalue weighted by Gasteiger charge is 2.35. The molecule has 0 unspecified atom stereocenters. The van der Waals surface area contributed by atoms with Crippen molar-refractivity contribution in [3.8, 4) is 0 Å². The van der Waals surface area contributed by atoms with E-state index in [9.17, 15) is 18.0 Å². The number of nitrogens with zero attached hydrogens (tertiary/aromatic N) is 3. The second-order valence-electron chi connectivity index (χ2n) is 7.23. The highest BCUT2D eigenvalue weighted by atomic mass is 32.2. The van der Waals surface area contributed by atoms with Crippen LogP contribution in [0.3, 0.4) is 0 Å². The summed E-state index contributed by atoms with van der Waals surface area (Å²) < 4.78 is 37.3. The SMILES string of the molecule is COC(=O)c1c(S(=O)(=O)NCc2ccc(C)cc2)sc2c1CCN(C(=O)c1csnn1)C2. The summed E-state index contributed by atoms with van der Waals surface area (Å²) in [4.78, 5) is 27.4. The Kier molecular flexibility index (Phi) is 6.38. The van der Waals surface area contributed by atoms with Gasteiger partial charge in [-0.2, -0.15) is 0 Å². The minimum absolute atomic E-state index is 0.0475. The molecule has 0 saturated heterocycles. The van der Waals surface area contributed by atoms with E-state index in [1.807, 2.05) is 31.2 Å². The summed E-state index contributed by atoms with van der Waals surface area (Å²) in [6, 6.07) is 7.48. The van der Waals surface area contributed by atoms with Crippen LogP contribution in [0, 0.1) is 6.92 Å². The van der Waals surface area contributed by atoms with E-state index < -0.39 is 16.0 Å². The van der Waals surface area contributed by atoms with E-state index in [-0.39, 0.29) is 34.5 Å². The molecule has 4 rings (SSSR count). The molecule has 32 heavy (non-hydrogen) atoms. The van der Waals surface area contributed by atoms with Crippen molar-refractivity contribution in [2.24, 2.45) is 0 Å². The molecule has 0 atom stereocenters. The molecule has 0 saturated carbocycles. The number of aryl methyl sites for hydroxylation is 1. The third kappa shape index (κ3) is 4.44. The molecule has 9 nitrogen and oxygen atoms in total. The largest absolute Gasteiger partial charge is 0.465 e. The first-order valence-electron chi connectivity index (χ1n) is 9.64. The fourth-order valence-electron chi connectivity index (χ4n) is 3.42. The van der Waals surface area contributed by atoms with Crippen molar-refractivity contribution in [1.29, 1.82) is 0 Å². The van der Waals surface area contributed by atoms with Crippen LogP contribution in [-0.2, 0) is 34.3 Å². The van der Waals surface area contributed by atoms with Gasteiger partial charge in [-0.15, -0.1) is 16.4 Å². The Morgan fingerprint density at radius 1 is 1.25 bits per heavy atom. The maximum atomic E-state index is 13.1. The monoisotopic (exact) mass is 492 g/mol. The third-order valence-corrected chi connectivity index (χ3v) is 8.75. The molecule has 0 fully saturated rings. The van der Waals surface area contributed by atoms with E-state index in [2.05, 4.69) is 14.3 Å². The lowest BCUT2D eigenvalue weighted by molar-refractivity contribution is 0.0595. The number of hydrogen-bond acceptors (Lipinski definition) is 9. The van der Waals surface area contributed by atoms with Gasteiger partial charge in [0.2, 0.25) is 0 Å². The van der Waals surface area contributed by atoms with Crippen molar-refractivity contribution in [2.45, 2.75) is 30.6 Å². The van der Waals surface area contributed by atoms with Crippen LogP contribution in [0.4, 0.5) is 0 Å². The second-order valence-corrected chi connectivity index (χ2v) is 10.9. The molecule has 1 amide bonds. The molecular formula is C20H20N4O5S3. The number of carbonyl (C=O) groups excluding carboxylic acids is 2.